The van der Waals surface area contributed by atoms with E-state index in [1.165, 1.54) is 18.3 Å². The predicted molar refractivity (Wildman–Crippen MR) is 106 cm³/mol. The lowest BCUT2D eigenvalue weighted by molar-refractivity contribution is -0.136. The summed E-state index contributed by atoms with van der Waals surface area (Å²) in [4.78, 5) is 23.9. The summed E-state index contributed by atoms with van der Waals surface area (Å²) in [5.74, 6) is -1.96. The van der Waals surface area contributed by atoms with Crippen molar-refractivity contribution in [2.45, 2.75) is 0 Å². The molecule has 3 rings (SSSR count). The number of hydrogen-bond donors (Lipinski definition) is 3. The molecule has 0 unspecified atom stereocenters. The molecule has 6 nitrogen and oxygen atoms in total. The highest BCUT2D eigenvalue weighted by Crippen LogP contribution is 2.29. The Morgan fingerprint density at radius 2 is 1.74 bits per heavy atom. The van der Waals surface area contributed by atoms with Gasteiger partial charge in [-0.2, -0.15) is 5.10 Å². The average Bonchev–Trinajstić information content (AvgIpc) is 2.67. The van der Waals surface area contributed by atoms with Crippen LogP contribution >= 0.6 is 23.2 Å². The molecule has 0 atom stereocenters. The van der Waals surface area contributed by atoms with Crippen molar-refractivity contribution in [1.29, 1.82) is 0 Å². The molecule has 0 radical (unpaired) electrons. The van der Waals surface area contributed by atoms with Crippen LogP contribution in [0.3, 0.4) is 0 Å². The first-order valence-electron chi connectivity index (χ1n) is 7.76. The van der Waals surface area contributed by atoms with E-state index in [-0.39, 0.29) is 21.5 Å². The molecule has 0 aromatic heterocycles. The number of rotatable bonds is 3. The highest BCUT2D eigenvalue weighted by atomic mass is 35.5. The van der Waals surface area contributed by atoms with Gasteiger partial charge in [0, 0.05) is 5.56 Å². The van der Waals surface area contributed by atoms with Crippen molar-refractivity contribution in [3.63, 3.8) is 0 Å². The largest absolute Gasteiger partial charge is 0.507 e. The second-order valence-corrected chi connectivity index (χ2v) is 6.26. The Morgan fingerprint density at radius 3 is 2.56 bits per heavy atom. The number of nitrogens with one attached hydrogen (secondary N) is 2. The van der Waals surface area contributed by atoms with Crippen LogP contribution < -0.4 is 10.7 Å². The fourth-order valence-electron chi connectivity index (χ4n) is 2.41. The maximum atomic E-state index is 11.9. The molecular formula is C19H13Cl2N3O3. The zero-order valence-electron chi connectivity index (χ0n) is 13.7. The van der Waals surface area contributed by atoms with Crippen LogP contribution in [0.4, 0.5) is 5.69 Å². The summed E-state index contributed by atoms with van der Waals surface area (Å²) in [7, 11) is 0. The van der Waals surface area contributed by atoms with Crippen molar-refractivity contribution in [3.05, 3.63) is 70.2 Å². The number of anilines is 1. The lowest BCUT2D eigenvalue weighted by atomic mass is 10.0. The molecule has 0 saturated heterocycles. The first-order valence-corrected chi connectivity index (χ1v) is 8.52. The summed E-state index contributed by atoms with van der Waals surface area (Å²) in [6.45, 7) is 0. The van der Waals surface area contributed by atoms with Gasteiger partial charge in [-0.15, -0.1) is 0 Å². The van der Waals surface area contributed by atoms with E-state index in [2.05, 4.69) is 15.8 Å². The first-order chi connectivity index (χ1) is 13.0. The number of hydrazone groups is 1. The fourth-order valence-corrected chi connectivity index (χ4v) is 2.75. The second-order valence-electron chi connectivity index (χ2n) is 5.47. The number of hydrogen-bond acceptors (Lipinski definition) is 4. The number of aromatic hydroxyl groups is 1. The van der Waals surface area contributed by atoms with Gasteiger partial charge in [0.2, 0.25) is 0 Å². The minimum absolute atomic E-state index is 0.00172. The molecule has 27 heavy (non-hydrogen) atoms. The number of nitrogens with zero attached hydrogens (tertiary/aromatic N) is 1. The Morgan fingerprint density at radius 1 is 0.963 bits per heavy atom. The van der Waals surface area contributed by atoms with Crippen molar-refractivity contribution in [2.75, 3.05) is 5.32 Å². The first kappa shape index (κ1) is 18.7. The maximum Gasteiger partial charge on any atom is 0.329 e. The molecular weight excluding hydrogens is 389 g/mol. The smallest absolute Gasteiger partial charge is 0.329 e. The van der Waals surface area contributed by atoms with Crippen molar-refractivity contribution in [1.82, 2.24) is 5.43 Å². The normalized spacial score (nSPS) is 10.9. The van der Waals surface area contributed by atoms with Crippen LogP contribution in [0.2, 0.25) is 10.0 Å². The van der Waals surface area contributed by atoms with Gasteiger partial charge in [-0.1, -0.05) is 59.6 Å². The number of amides is 2. The standard InChI is InChI=1S/C19H13Cl2N3O3/c20-14-6-3-7-15(17(14)21)23-18(26)19(27)24-22-10-13-12-5-2-1-4-11(12)8-9-16(13)25/h1-10,25H,(H,23,26)(H,24,27)/b22-10-. The maximum absolute atomic E-state index is 11.9. The summed E-state index contributed by atoms with van der Waals surface area (Å²) in [6.07, 6.45) is 1.27. The van der Waals surface area contributed by atoms with Gasteiger partial charge in [0.15, 0.2) is 0 Å². The summed E-state index contributed by atoms with van der Waals surface area (Å²) < 4.78 is 0. The van der Waals surface area contributed by atoms with Crippen LogP contribution in [0.15, 0.2) is 59.7 Å². The molecule has 0 aliphatic rings. The topological polar surface area (TPSA) is 90.8 Å². The number of fused-ring (bicyclic) bond motifs is 1. The van der Waals surface area contributed by atoms with E-state index in [0.717, 1.165) is 10.8 Å². The van der Waals surface area contributed by atoms with Gasteiger partial charge in [-0.3, -0.25) is 9.59 Å². The average molecular weight is 402 g/mol. The Labute approximate surface area is 164 Å². The molecule has 136 valence electrons. The predicted octanol–water partition coefficient (Wildman–Crippen LogP) is 3.94. The van der Waals surface area contributed by atoms with Gasteiger partial charge >= 0.3 is 11.8 Å². The minimum atomic E-state index is -0.998. The van der Waals surface area contributed by atoms with Crippen molar-refractivity contribution >= 4 is 57.7 Å². The van der Waals surface area contributed by atoms with Crippen LogP contribution in [0.5, 0.6) is 5.75 Å². The molecule has 3 aromatic carbocycles. The Balaban J connectivity index is 1.71. The van der Waals surface area contributed by atoms with E-state index in [0.29, 0.717) is 5.56 Å². The molecule has 2 amide bonds. The van der Waals surface area contributed by atoms with Gasteiger partial charge in [0.25, 0.3) is 0 Å². The number of halogens is 2. The van der Waals surface area contributed by atoms with Gasteiger partial charge < -0.3 is 10.4 Å². The lowest BCUT2D eigenvalue weighted by Gasteiger charge is -2.07. The molecule has 3 N–H and O–H groups in total. The van der Waals surface area contributed by atoms with Gasteiger partial charge in [0.1, 0.15) is 5.75 Å². The number of phenols is 1. The molecule has 0 bridgehead atoms. The van der Waals surface area contributed by atoms with E-state index in [1.807, 2.05) is 24.3 Å². The van der Waals surface area contributed by atoms with Gasteiger partial charge in [-0.05, 0) is 29.0 Å². The third-order valence-corrected chi connectivity index (χ3v) is 4.53. The zero-order chi connectivity index (χ0) is 19.4. The molecule has 0 aliphatic carbocycles. The van der Waals surface area contributed by atoms with E-state index >= 15 is 0 Å². The van der Waals surface area contributed by atoms with E-state index < -0.39 is 11.8 Å². The fraction of sp³-hybridized carbons (Fsp3) is 0. The molecule has 0 aliphatic heterocycles. The SMILES string of the molecule is O=C(N/N=C\c1c(O)ccc2ccccc12)C(=O)Nc1cccc(Cl)c1Cl. The second kappa shape index (κ2) is 8.07. The van der Waals surface area contributed by atoms with Gasteiger partial charge in [0.05, 0.1) is 21.9 Å². The summed E-state index contributed by atoms with van der Waals surface area (Å²) in [5, 5.41) is 18.2. The molecule has 8 heteroatoms. The number of benzene rings is 3. The van der Waals surface area contributed by atoms with Crippen LogP contribution in [0, 0.1) is 0 Å². The summed E-state index contributed by atoms with van der Waals surface area (Å²) in [6, 6.07) is 15.3. The number of phenolic OH excluding ortho intramolecular Hbond substituents is 1. The Hall–Kier alpha value is -3.09. The van der Waals surface area contributed by atoms with Crippen LogP contribution in [-0.4, -0.2) is 23.1 Å². The highest BCUT2D eigenvalue weighted by Gasteiger charge is 2.15. The Kier molecular flexibility index (Phi) is 5.59. The van der Waals surface area contributed by atoms with Crippen molar-refractivity contribution in [2.24, 2.45) is 5.10 Å². The number of carbonyl (C=O) groups excluding carboxylic acids is 2. The lowest BCUT2D eigenvalue weighted by Crippen LogP contribution is -2.32. The quantitative estimate of drug-likeness (QED) is 0.352. The van der Waals surface area contributed by atoms with Crippen LogP contribution in [-0.2, 0) is 9.59 Å². The van der Waals surface area contributed by atoms with Crippen LogP contribution in [0.25, 0.3) is 10.8 Å². The van der Waals surface area contributed by atoms with Crippen molar-refractivity contribution in [3.8, 4) is 5.75 Å². The number of carbonyl (C=O) groups is 2. The minimum Gasteiger partial charge on any atom is -0.507 e. The van der Waals surface area contributed by atoms with Crippen LogP contribution in [0.1, 0.15) is 5.56 Å². The van der Waals surface area contributed by atoms with E-state index in [1.54, 1.807) is 18.2 Å². The Bertz CT molecular complexity index is 1070. The van der Waals surface area contributed by atoms with E-state index in [9.17, 15) is 14.7 Å². The molecule has 0 spiro atoms. The highest BCUT2D eigenvalue weighted by molar-refractivity contribution is 6.45. The van der Waals surface area contributed by atoms with E-state index in [4.69, 9.17) is 23.2 Å². The summed E-state index contributed by atoms with van der Waals surface area (Å²) >= 11 is 11.8. The molecule has 0 saturated carbocycles. The van der Waals surface area contributed by atoms with Gasteiger partial charge in [-0.25, -0.2) is 5.43 Å². The molecule has 3 aromatic rings. The third kappa shape index (κ3) is 4.19. The third-order valence-electron chi connectivity index (χ3n) is 3.71. The summed E-state index contributed by atoms with van der Waals surface area (Å²) in [5.41, 5.74) is 2.74. The zero-order valence-corrected chi connectivity index (χ0v) is 15.3. The molecule has 0 fully saturated rings. The molecule has 0 heterocycles. The monoisotopic (exact) mass is 401 g/mol. The van der Waals surface area contributed by atoms with Crippen molar-refractivity contribution < 1.29 is 14.7 Å².